The summed E-state index contributed by atoms with van der Waals surface area (Å²) in [6, 6.07) is 7.84. The van der Waals surface area contributed by atoms with Gasteiger partial charge in [0.2, 0.25) is 11.9 Å². The summed E-state index contributed by atoms with van der Waals surface area (Å²) < 4.78 is 7.59. The van der Waals surface area contributed by atoms with Gasteiger partial charge in [0.15, 0.2) is 5.16 Å². The molecule has 146 valence electrons. The molecule has 8 heteroatoms. The van der Waals surface area contributed by atoms with E-state index in [1.165, 1.54) is 18.2 Å². The molecular formula is C19H27N5O2S. The molecule has 1 atom stereocenters. The molecule has 0 radical (unpaired) electrons. The molecule has 0 spiro atoms. The van der Waals surface area contributed by atoms with Gasteiger partial charge in [-0.25, -0.2) is 0 Å². The summed E-state index contributed by atoms with van der Waals surface area (Å²) in [4.78, 5) is 14.5. The summed E-state index contributed by atoms with van der Waals surface area (Å²) in [6.07, 6.45) is 3.54. The minimum Gasteiger partial charge on any atom is -0.495 e. The van der Waals surface area contributed by atoms with Gasteiger partial charge in [-0.1, -0.05) is 23.9 Å². The van der Waals surface area contributed by atoms with Crippen LogP contribution in [-0.2, 0) is 4.79 Å². The van der Waals surface area contributed by atoms with Crippen molar-refractivity contribution >= 4 is 23.6 Å². The molecule has 27 heavy (non-hydrogen) atoms. The standard InChI is InChI=1S/C19H27N5O2S/c1-4-20-17(25)14(2)27-19-22-21-18(23-12-8-5-9-13-23)24(19)15-10-6-7-11-16(15)26-3/h6-7,10-11,14H,4-5,8-9,12-13H2,1-3H3,(H,20,25). The third-order valence-corrected chi connectivity index (χ3v) is 5.63. The maximum Gasteiger partial charge on any atom is 0.233 e. The Morgan fingerprint density at radius 1 is 1.26 bits per heavy atom. The third kappa shape index (κ3) is 4.37. The molecule has 1 aliphatic heterocycles. The molecule has 1 aromatic carbocycles. The van der Waals surface area contributed by atoms with Crippen molar-refractivity contribution in [2.75, 3.05) is 31.6 Å². The topological polar surface area (TPSA) is 72.3 Å². The largest absolute Gasteiger partial charge is 0.495 e. The van der Waals surface area contributed by atoms with Crippen molar-refractivity contribution in [3.63, 3.8) is 0 Å². The van der Waals surface area contributed by atoms with Gasteiger partial charge in [-0.15, -0.1) is 10.2 Å². The van der Waals surface area contributed by atoms with Gasteiger partial charge in [0, 0.05) is 19.6 Å². The van der Waals surface area contributed by atoms with Crippen molar-refractivity contribution < 1.29 is 9.53 Å². The van der Waals surface area contributed by atoms with Gasteiger partial charge in [-0.2, -0.15) is 0 Å². The Hall–Kier alpha value is -2.22. The summed E-state index contributed by atoms with van der Waals surface area (Å²) in [6.45, 7) is 6.34. The number of amides is 1. The molecule has 0 bridgehead atoms. The van der Waals surface area contributed by atoms with Crippen molar-refractivity contribution in [3.8, 4) is 11.4 Å². The Kier molecular flexibility index (Phi) is 6.60. The number of methoxy groups -OCH3 is 1. The van der Waals surface area contributed by atoms with E-state index in [1.54, 1.807) is 7.11 Å². The molecule has 1 saturated heterocycles. The van der Waals surface area contributed by atoms with E-state index in [1.807, 2.05) is 42.7 Å². The number of para-hydroxylation sites is 2. The number of nitrogens with one attached hydrogen (secondary N) is 1. The highest BCUT2D eigenvalue weighted by atomic mass is 32.2. The van der Waals surface area contributed by atoms with Gasteiger partial charge in [0.05, 0.1) is 18.0 Å². The fraction of sp³-hybridized carbons (Fsp3) is 0.526. The molecule has 1 N–H and O–H groups in total. The Bertz CT molecular complexity index is 773. The lowest BCUT2D eigenvalue weighted by molar-refractivity contribution is -0.120. The molecule has 1 unspecified atom stereocenters. The van der Waals surface area contributed by atoms with Crippen molar-refractivity contribution in [2.24, 2.45) is 0 Å². The minimum atomic E-state index is -0.267. The normalized spacial score (nSPS) is 15.4. The predicted molar refractivity (Wildman–Crippen MR) is 108 cm³/mol. The average molecular weight is 390 g/mol. The molecule has 0 saturated carbocycles. The molecule has 3 rings (SSSR count). The summed E-state index contributed by atoms with van der Waals surface area (Å²) in [5, 5.41) is 12.2. The van der Waals surface area contributed by atoms with Crippen LogP contribution < -0.4 is 15.0 Å². The molecule has 1 aromatic heterocycles. The summed E-state index contributed by atoms with van der Waals surface area (Å²) >= 11 is 1.41. The Morgan fingerprint density at radius 2 is 2.00 bits per heavy atom. The van der Waals surface area contributed by atoms with E-state index in [0.29, 0.717) is 11.7 Å². The fourth-order valence-electron chi connectivity index (χ4n) is 3.19. The zero-order chi connectivity index (χ0) is 19.2. The number of rotatable bonds is 7. The van der Waals surface area contributed by atoms with Crippen LogP contribution in [0.25, 0.3) is 5.69 Å². The van der Waals surface area contributed by atoms with Gasteiger partial charge in [0.1, 0.15) is 5.75 Å². The maximum absolute atomic E-state index is 12.2. The predicted octanol–water partition coefficient (Wildman–Crippen LogP) is 2.88. The third-order valence-electron chi connectivity index (χ3n) is 4.58. The fourth-order valence-corrected chi connectivity index (χ4v) is 4.07. The van der Waals surface area contributed by atoms with E-state index in [9.17, 15) is 4.79 Å². The molecule has 0 aliphatic carbocycles. The SMILES string of the molecule is CCNC(=O)C(C)Sc1nnc(N2CCCCC2)n1-c1ccccc1OC. The number of thioether (sulfide) groups is 1. The number of benzene rings is 1. The van der Waals surface area contributed by atoms with Crippen molar-refractivity contribution in [3.05, 3.63) is 24.3 Å². The minimum absolute atomic E-state index is 0.00315. The van der Waals surface area contributed by atoms with Gasteiger partial charge in [-0.05, 0) is 45.2 Å². The second kappa shape index (κ2) is 9.12. The van der Waals surface area contributed by atoms with Crippen LogP contribution in [0.3, 0.4) is 0 Å². The number of hydrogen-bond donors (Lipinski definition) is 1. The van der Waals surface area contributed by atoms with Crippen LogP contribution in [-0.4, -0.2) is 52.7 Å². The van der Waals surface area contributed by atoms with Gasteiger partial charge >= 0.3 is 0 Å². The molecule has 7 nitrogen and oxygen atoms in total. The lowest BCUT2D eigenvalue weighted by atomic mass is 10.1. The van der Waals surface area contributed by atoms with Crippen LogP contribution in [0.1, 0.15) is 33.1 Å². The lowest BCUT2D eigenvalue weighted by Crippen LogP contribution is -2.32. The van der Waals surface area contributed by atoms with Gasteiger partial charge < -0.3 is 15.0 Å². The number of carbonyl (C=O) groups is 1. The van der Waals surface area contributed by atoms with E-state index in [-0.39, 0.29) is 11.2 Å². The first-order valence-corrected chi connectivity index (χ1v) is 10.3. The van der Waals surface area contributed by atoms with Crippen LogP contribution in [0.5, 0.6) is 5.75 Å². The quantitative estimate of drug-likeness (QED) is 0.734. The van der Waals surface area contributed by atoms with Crippen molar-refractivity contribution in [2.45, 2.75) is 43.5 Å². The molecular weight excluding hydrogens is 362 g/mol. The number of nitrogens with zero attached hydrogens (tertiary/aromatic N) is 4. The second-order valence-electron chi connectivity index (χ2n) is 6.49. The van der Waals surface area contributed by atoms with E-state index in [2.05, 4.69) is 20.4 Å². The van der Waals surface area contributed by atoms with Crippen molar-refractivity contribution in [1.29, 1.82) is 0 Å². The van der Waals surface area contributed by atoms with Crippen LogP contribution in [0.2, 0.25) is 0 Å². The number of aromatic nitrogens is 3. The molecule has 1 aliphatic rings. The zero-order valence-electron chi connectivity index (χ0n) is 16.1. The second-order valence-corrected chi connectivity index (χ2v) is 7.80. The maximum atomic E-state index is 12.2. The number of carbonyl (C=O) groups excluding carboxylic acids is 1. The van der Waals surface area contributed by atoms with Crippen LogP contribution in [0.4, 0.5) is 5.95 Å². The smallest absolute Gasteiger partial charge is 0.233 e. The molecule has 1 amide bonds. The first-order chi connectivity index (χ1) is 13.2. The summed E-state index contributed by atoms with van der Waals surface area (Å²) in [7, 11) is 1.66. The average Bonchev–Trinajstić information content (AvgIpc) is 3.12. The van der Waals surface area contributed by atoms with E-state index < -0.39 is 0 Å². The highest BCUT2D eigenvalue weighted by molar-refractivity contribution is 8.00. The van der Waals surface area contributed by atoms with Crippen LogP contribution >= 0.6 is 11.8 Å². The van der Waals surface area contributed by atoms with Gasteiger partial charge in [0.25, 0.3) is 0 Å². The highest BCUT2D eigenvalue weighted by Crippen LogP contribution is 2.34. The van der Waals surface area contributed by atoms with E-state index >= 15 is 0 Å². The number of hydrogen-bond acceptors (Lipinski definition) is 6. The lowest BCUT2D eigenvalue weighted by Gasteiger charge is -2.28. The number of anilines is 1. The Morgan fingerprint density at radius 3 is 2.70 bits per heavy atom. The molecule has 2 heterocycles. The first-order valence-electron chi connectivity index (χ1n) is 9.43. The van der Waals surface area contributed by atoms with Gasteiger partial charge in [-0.3, -0.25) is 9.36 Å². The first kappa shape index (κ1) is 19.5. The van der Waals surface area contributed by atoms with E-state index in [4.69, 9.17) is 4.74 Å². The Balaban J connectivity index is 2.00. The highest BCUT2D eigenvalue weighted by Gasteiger charge is 2.25. The van der Waals surface area contributed by atoms with Crippen LogP contribution in [0, 0.1) is 0 Å². The van der Waals surface area contributed by atoms with Crippen molar-refractivity contribution in [1.82, 2.24) is 20.1 Å². The molecule has 2 aromatic rings. The zero-order valence-corrected chi connectivity index (χ0v) is 17.0. The van der Waals surface area contributed by atoms with E-state index in [0.717, 1.165) is 43.3 Å². The number of piperidine rings is 1. The monoisotopic (exact) mass is 389 g/mol. The summed E-state index contributed by atoms with van der Waals surface area (Å²) in [5.74, 6) is 1.56. The Labute approximate surface area is 164 Å². The summed E-state index contributed by atoms with van der Waals surface area (Å²) in [5.41, 5.74) is 0.885. The number of ether oxygens (including phenoxy) is 1. The van der Waals surface area contributed by atoms with Crippen LogP contribution in [0.15, 0.2) is 29.4 Å². The molecule has 1 fully saturated rings.